The van der Waals surface area contributed by atoms with Crippen molar-refractivity contribution in [2.24, 2.45) is 0 Å². The molecule has 1 aromatic heterocycles. The van der Waals surface area contributed by atoms with Crippen LogP contribution in [0.15, 0.2) is 24.3 Å². The summed E-state index contributed by atoms with van der Waals surface area (Å²) < 4.78 is 1.22. The molecule has 2 unspecified atom stereocenters. The summed E-state index contributed by atoms with van der Waals surface area (Å²) in [6, 6.07) is 8.61. The van der Waals surface area contributed by atoms with Crippen LogP contribution in [0.25, 0.3) is 10.2 Å². The van der Waals surface area contributed by atoms with E-state index in [4.69, 9.17) is 4.98 Å². The first-order valence-electron chi connectivity index (χ1n) is 9.65. The van der Waals surface area contributed by atoms with Gasteiger partial charge in [0.25, 0.3) is 0 Å². The lowest BCUT2D eigenvalue weighted by atomic mass is 10.1. The summed E-state index contributed by atoms with van der Waals surface area (Å²) in [5, 5.41) is 1.07. The van der Waals surface area contributed by atoms with E-state index in [0.717, 1.165) is 62.5 Å². The summed E-state index contributed by atoms with van der Waals surface area (Å²) in [6.45, 7) is 5.59. The Morgan fingerprint density at radius 1 is 1.23 bits per heavy atom. The van der Waals surface area contributed by atoms with E-state index in [1.165, 1.54) is 4.70 Å². The Bertz CT molecular complexity index is 730. The fraction of sp³-hybridized carbons (Fsp3) is 0.579. The van der Waals surface area contributed by atoms with Crippen LogP contribution < -0.4 is 15.8 Å². The smallest absolute Gasteiger partial charge is 0.241 e. The lowest BCUT2D eigenvalue weighted by Gasteiger charge is -2.24. The Labute approximate surface area is 158 Å². The molecular weight excluding hydrogens is 346 g/mol. The van der Waals surface area contributed by atoms with Gasteiger partial charge in [-0.2, -0.15) is 0 Å². The van der Waals surface area contributed by atoms with Crippen LogP contribution in [0.5, 0.6) is 0 Å². The Kier molecular flexibility index (Phi) is 5.38. The monoisotopic (exact) mass is 373 g/mol. The van der Waals surface area contributed by atoms with Gasteiger partial charge in [-0.1, -0.05) is 36.8 Å². The van der Waals surface area contributed by atoms with Gasteiger partial charge in [0, 0.05) is 32.2 Å². The van der Waals surface area contributed by atoms with E-state index in [1.54, 1.807) is 11.3 Å². The molecule has 0 radical (unpaired) electrons. The number of amides is 1. The molecule has 2 aliphatic rings. The zero-order valence-corrected chi connectivity index (χ0v) is 16.1. The predicted octanol–water partition coefficient (Wildman–Crippen LogP) is 2.37. The van der Waals surface area contributed by atoms with Crippen LogP contribution in [0.4, 0.5) is 5.13 Å². The van der Waals surface area contributed by atoms with Gasteiger partial charge < -0.3 is 9.80 Å². The third-order valence-electron chi connectivity index (χ3n) is 5.28. The van der Waals surface area contributed by atoms with Crippen LogP contribution in [0, 0.1) is 0 Å². The van der Waals surface area contributed by atoms with E-state index in [0.29, 0.717) is 6.04 Å². The highest BCUT2D eigenvalue weighted by Crippen LogP contribution is 2.29. The molecule has 4 rings (SSSR count). The lowest BCUT2D eigenvalue weighted by molar-refractivity contribution is -0.133. The number of thiazole rings is 1. The molecule has 2 aliphatic heterocycles. The molecule has 3 heterocycles. The van der Waals surface area contributed by atoms with E-state index in [9.17, 15) is 4.79 Å². The molecule has 6 nitrogen and oxygen atoms in total. The molecule has 0 spiro atoms. The quantitative estimate of drug-likeness (QED) is 0.862. The molecule has 1 aromatic carbocycles. The third kappa shape index (κ3) is 3.70. The molecule has 1 amide bonds. The van der Waals surface area contributed by atoms with Gasteiger partial charge >= 0.3 is 0 Å². The molecule has 26 heavy (non-hydrogen) atoms. The summed E-state index contributed by atoms with van der Waals surface area (Å²) in [7, 11) is 0. The highest BCUT2D eigenvalue weighted by atomic mass is 32.1. The Balaban J connectivity index is 1.38. The molecule has 0 saturated carbocycles. The molecule has 2 fully saturated rings. The van der Waals surface area contributed by atoms with E-state index in [-0.39, 0.29) is 11.9 Å². The first-order valence-corrected chi connectivity index (χ1v) is 10.5. The normalized spacial score (nSPS) is 24.2. The van der Waals surface area contributed by atoms with Crippen molar-refractivity contribution in [1.29, 1.82) is 0 Å². The summed E-state index contributed by atoms with van der Waals surface area (Å²) in [5.41, 5.74) is 7.54. The maximum Gasteiger partial charge on any atom is 0.241 e. The van der Waals surface area contributed by atoms with Crippen LogP contribution in [-0.2, 0) is 4.79 Å². The maximum atomic E-state index is 12.9. The van der Waals surface area contributed by atoms with Crippen molar-refractivity contribution in [2.45, 2.75) is 44.7 Å². The van der Waals surface area contributed by atoms with Crippen LogP contribution >= 0.6 is 11.3 Å². The highest BCUT2D eigenvalue weighted by Gasteiger charge is 2.32. The highest BCUT2D eigenvalue weighted by molar-refractivity contribution is 7.22. The van der Waals surface area contributed by atoms with Gasteiger partial charge in [-0.25, -0.2) is 10.4 Å². The number of carbonyl (C=O) groups excluding carboxylic acids is 1. The third-order valence-corrected chi connectivity index (χ3v) is 6.38. The average Bonchev–Trinajstić information content (AvgIpc) is 3.22. The molecule has 140 valence electrons. The van der Waals surface area contributed by atoms with Gasteiger partial charge in [0.2, 0.25) is 5.91 Å². The van der Waals surface area contributed by atoms with Crippen LogP contribution in [-0.4, -0.2) is 54.1 Å². The summed E-state index contributed by atoms with van der Waals surface area (Å²) in [6.07, 6.45) is 4.13. The van der Waals surface area contributed by atoms with E-state index >= 15 is 0 Å². The number of nitrogens with zero attached hydrogens (tertiary/aromatic N) is 3. The predicted molar refractivity (Wildman–Crippen MR) is 106 cm³/mol. The minimum absolute atomic E-state index is 0.0828. The number of carbonyl (C=O) groups is 1. The molecule has 0 aliphatic carbocycles. The first-order chi connectivity index (χ1) is 12.7. The molecule has 2 atom stereocenters. The van der Waals surface area contributed by atoms with Crippen LogP contribution in [0.1, 0.15) is 32.6 Å². The topological polar surface area (TPSA) is 60.5 Å². The number of anilines is 1. The van der Waals surface area contributed by atoms with Crippen molar-refractivity contribution < 1.29 is 4.79 Å². The number of aromatic nitrogens is 1. The van der Waals surface area contributed by atoms with Gasteiger partial charge in [-0.3, -0.25) is 10.2 Å². The molecule has 2 aromatic rings. The van der Waals surface area contributed by atoms with E-state index in [2.05, 4.69) is 40.9 Å². The molecule has 7 heteroatoms. The number of benzene rings is 1. The van der Waals surface area contributed by atoms with Gasteiger partial charge in [-0.15, -0.1) is 0 Å². The maximum absolute atomic E-state index is 12.9. The zero-order valence-electron chi connectivity index (χ0n) is 15.3. The van der Waals surface area contributed by atoms with Gasteiger partial charge in [0.1, 0.15) is 6.04 Å². The first kappa shape index (κ1) is 17.7. The van der Waals surface area contributed by atoms with Crippen molar-refractivity contribution in [3.8, 4) is 0 Å². The number of hydrazine groups is 1. The fourth-order valence-corrected chi connectivity index (χ4v) is 4.88. The number of hydrogen-bond donors (Lipinski definition) is 2. The number of hydrogen-bond acceptors (Lipinski definition) is 6. The second kappa shape index (κ2) is 7.90. The number of para-hydroxylation sites is 1. The Morgan fingerprint density at radius 2 is 2.12 bits per heavy atom. The second-order valence-corrected chi connectivity index (χ2v) is 8.20. The average molecular weight is 374 g/mol. The Morgan fingerprint density at radius 3 is 2.96 bits per heavy atom. The number of fused-ring (bicyclic) bond motifs is 1. The van der Waals surface area contributed by atoms with Crippen molar-refractivity contribution >= 4 is 32.6 Å². The minimum Gasteiger partial charge on any atom is -0.346 e. The standard InChI is InChI=1S/C19H27N5OS/c1-2-6-14-13-16(22-21-14)18(25)23-9-5-10-24(12-11-23)19-20-15-7-3-4-8-17(15)26-19/h3-4,7-8,14,16,21-22H,2,5-6,9-13H2,1H3. The lowest BCUT2D eigenvalue weighted by Crippen LogP contribution is -2.47. The van der Waals surface area contributed by atoms with Crippen molar-refractivity contribution in [1.82, 2.24) is 20.7 Å². The van der Waals surface area contributed by atoms with Crippen molar-refractivity contribution in [3.63, 3.8) is 0 Å². The zero-order chi connectivity index (χ0) is 17.9. The van der Waals surface area contributed by atoms with E-state index < -0.39 is 0 Å². The van der Waals surface area contributed by atoms with Crippen molar-refractivity contribution in [2.75, 3.05) is 31.1 Å². The minimum atomic E-state index is -0.0828. The summed E-state index contributed by atoms with van der Waals surface area (Å²) in [4.78, 5) is 22.0. The number of rotatable bonds is 4. The fourth-order valence-electron chi connectivity index (χ4n) is 3.87. The van der Waals surface area contributed by atoms with Crippen LogP contribution in [0.3, 0.4) is 0 Å². The SMILES string of the molecule is CCCC1CC(C(=O)N2CCCN(c3nc4ccccc4s3)CC2)NN1. The molecule has 2 saturated heterocycles. The largest absolute Gasteiger partial charge is 0.346 e. The molecule has 0 bridgehead atoms. The number of nitrogens with one attached hydrogen (secondary N) is 2. The van der Waals surface area contributed by atoms with E-state index in [1.807, 2.05) is 11.0 Å². The summed E-state index contributed by atoms with van der Waals surface area (Å²) >= 11 is 1.74. The van der Waals surface area contributed by atoms with Crippen molar-refractivity contribution in [3.05, 3.63) is 24.3 Å². The van der Waals surface area contributed by atoms with Gasteiger partial charge in [-0.05, 0) is 31.4 Å². The van der Waals surface area contributed by atoms with Gasteiger partial charge in [0.15, 0.2) is 5.13 Å². The Hall–Kier alpha value is -1.70. The second-order valence-electron chi connectivity index (χ2n) is 7.19. The molecular formula is C19H27N5OS. The van der Waals surface area contributed by atoms with Crippen LogP contribution in [0.2, 0.25) is 0 Å². The summed E-state index contributed by atoms with van der Waals surface area (Å²) in [5.74, 6) is 0.238. The van der Waals surface area contributed by atoms with Gasteiger partial charge in [0.05, 0.1) is 10.2 Å². The molecule has 2 N–H and O–H groups in total.